The van der Waals surface area contributed by atoms with Gasteiger partial charge in [-0.05, 0) is 32.0 Å². The van der Waals surface area contributed by atoms with Crippen LogP contribution in [0.15, 0.2) is 12.1 Å². The maximum Gasteiger partial charge on any atom is 0.0931 e. The summed E-state index contributed by atoms with van der Waals surface area (Å²) in [6.45, 7) is 8.21. The summed E-state index contributed by atoms with van der Waals surface area (Å²) >= 11 is 7.57. The summed E-state index contributed by atoms with van der Waals surface area (Å²) in [4.78, 5) is 3.60. The highest BCUT2D eigenvalue weighted by molar-refractivity contribution is 7.16. The van der Waals surface area contributed by atoms with Crippen LogP contribution < -0.4 is 5.73 Å². The molecule has 0 aromatic carbocycles. The first-order valence-corrected chi connectivity index (χ1v) is 6.75. The van der Waals surface area contributed by atoms with Crippen molar-refractivity contribution in [3.05, 3.63) is 21.3 Å². The number of likely N-dealkylation sites (N-methyl/N-ethyl adjacent to an activating group) is 1. The zero-order chi connectivity index (χ0) is 12.3. The minimum Gasteiger partial charge on any atom is -0.329 e. The molecule has 4 heteroatoms. The zero-order valence-electron chi connectivity index (χ0n) is 10.5. The van der Waals surface area contributed by atoms with E-state index in [-0.39, 0.29) is 5.54 Å². The van der Waals surface area contributed by atoms with E-state index in [2.05, 4.69) is 38.8 Å². The van der Waals surface area contributed by atoms with Crippen molar-refractivity contribution in [3.8, 4) is 0 Å². The molecule has 1 heterocycles. The Bertz CT molecular complexity index is 338. The van der Waals surface area contributed by atoms with Crippen LogP contribution in [0.4, 0.5) is 0 Å². The fraction of sp³-hybridized carbons (Fsp3) is 0.667. The van der Waals surface area contributed by atoms with Gasteiger partial charge >= 0.3 is 0 Å². The molecule has 2 N–H and O–H groups in total. The van der Waals surface area contributed by atoms with Gasteiger partial charge in [0.25, 0.3) is 0 Å². The average Bonchev–Trinajstić information content (AvgIpc) is 2.62. The van der Waals surface area contributed by atoms with Crippen LogP contribution in [-0.2, 0) is 6.54 Å². The lowest BCUT2D eigenvalue weighted by Crippen LogP contribution is -2.52. The van der Waals surface area contributed by atoms with E-state index in [1.165, 1.54) is 4.88 Å². The Balaban J connectivity index is 2.73. The summed E-state index contributed by atoms with van der Waals surface area (Å²) in [7, 11) is 2.13. The molecule has 0 amide bonds. The Morgan fingerprint density at radius 3 is 2.50 bits per heavy atom. The number of nitrogens with zero attached hydrogens (tertiary/aromatic N) is 1. The molecule has 0 bridgehead atoms. The molecule has 1 aromatic rings. The number of nitrogens with two attached hydrogens (primary N) is 1. The monoisotopic (exact) mass is 260 g/mol. The zero-order valence-corrected chi connectivity index (χ0v) is 12.0. The lowest BCUT2D eigenvalue weighted by Gasteiger charge is -2.41. The van der Waals surface area contributed by atoms with Crippen molar-refractivity contribution >= 4 is 22.9 Å². The van der Waals surface area contributed by atoms with Gasteiger partial charge in [-0.15, -0.1) is 11.3 Å². The van der Waals surface area contributed by atoms with Gasteiger partial charge in [-0.2, -0.15) is 0 Å². The molecule has 0 fully saturated rings. The van der Waals surface area contributed by atoms with Crippen LogP contribution >= 0.6 is 22.9 Å². The molecule has 92 valence electrons. The fourth-order valence-corrected chi connectivity index (χ4v) is 2.82. The molecule has 0 aliphatic heterocycles. The molecule has 0 radical (unpaired) electrons. The van der Waals surface area contributed by atoms with Crippen molar-refractivity contribution in [2.24, 2.45) is 11.7 Å². The molecule has 2 nitrogen and oxygen atoms in total. The van der Waals surface area contributed by atoms with Crippen LogP contribution in [0, 0.1) is 5.92 Å². The number of rotatable bonds is 5. The van der Waals surface area contributed by atoms with E-state index in [0.717, 1.165) is 10.9 Å². The SMILES string of the molecule is CC(C)C(C)(CN)N(C)Cc1ccc(Cl)s1. The molecule has 1 atom stereocenters. The first-order chi connectivity index (χ1) is 7.40. The third-order valence-corrected chi connectivity index (χ3v) is 4.77. The third-order valence-electron chi connectivity index (χ3n) is 3.55. The van der Waals surface area contributed by atoms with E-state index in [9.17, 15) is 0 Å². The summed E-state index contributed by atoms with van der Waals surface area (Å²) in [5, 5.41) is 0. The van der Waals surface area contributed by atoms with E-state index < -0.39 is 0 Å². The van der Waals surface area contributed by atoms with Gasteiger partial charge in [0.15, 0.2) is 0 Å². The number of thiophene rings is 1. The highest BCUT2D eigenvalue weighted by Gasteiger charge is 2.31. The van der Waals surface area contributed by atoms with Crippen LogP contribution in [0.1, 0.15) is 25.6 Å². The molecule has 0 spiro atoms. The van der Waals surface area contributed by atoms with Gasteiger partial charge in [0.2, 0.25) is 0 Å². The fourth-order valence-electron chi connectivity index (χ4n) is 1.68. The van der Waals surface area contributed by atoms with Crippen LogP contribution in [0.3, 0.4) is 0 Å². The van der Waals surface area contributed by atoms with Crippen molar-refractivity contribution < 1.29 is 0 Å². The van der Waals surface area contributed by atoms with Crippen LogP contribution in [0.2, 0.25) is 4.34 Å². The quantitative estimate of drug-likeness (QED) is 0.881. The Morgan fingerprint density at radius 2 is 2.12 bits per heavy atom. The van der Waals surface area contributed by atoms with Crippen molar-refractivity contribution in [1.82, 2.24) is 4.90 Å². The van der Waals surface area contributed by atoms with Gasteiger partial charge in [0, 0.05) is 23.5 Å². The minimum absolute atomic E-state index is 0.0382. The standard InChI is InChI=1S/C12H21ClN2S/c1-9(2)12(3,8-14)15(4)7-10-5-6-11(13)16-10/h5-6,9H,7-8,14H2,1-4H3. The normalized spacial score (nSPS) is 15.8. The molecule has 1 rings (SSSR count). The van der Waals surface area contributed by atoms with E-state index in [4.69, 9.17) is 17.3 Å². The van der Waals surface area contributed by atoms with Gasteiger partial charge < -0.3 is 5.73 Å². The maximum atomic E-state index is 5.93. The van der Waals surface area contributed by atoms with E-state index in [0.29, 0.717) is 12.5 Å². The first kappa shape index (κ1) is 14.0. The summed E-state index contributed by atoms with van der Waals surface area (Å²) in [5.74, 6) is 0.526. The second kappa shape index (κ2) is 5.50. The highest BCUT2D eigenvalue weighted by atomic mass is 35.5. The Labute approximate surface area is 107 Å². The van der Waals surface area contributed by atoms with Crippen LogP contribution in [0.25, 0.3) is 0 Å². The predicted molar refractivity (Wildman–Crippen MR) is 73.1 cm³/mol. The van der Waals surface area contributed by atoms with Gasteiger partial charge in [-0.25, -0.2) is 0 Å². The first-order valence-electron chi connectivity index (χ1n) is 5.55. The molecule has 0 saturated carbocycles. The van der Waals surface area contributed by atoms with Crippen LogP contribution in [0.5, 0.6) is 0 Å². The average molecular weight is 261 g/mol. The molecule has 1 unspecified atom stereocenters. The van der Waals surface area contributed by atoms with E-state index in [1.807, 2.05) is 6.07 Å². The van der Waals surface area contributed by atoms with Crippen molar-refractivity contribution in [3.63, 3.8) is 0 Å². The molecular weight excluding hydrogens is 240 g/mol. The Morgan fingerprint density at radius 1 is 1.50 bits per heavy atom. The molecule has 1 aromatic heterocycles. The Hall–Kier alpha value is -0.0900. The van der Waals surface area contributed by atoms with Gasteiger partial charge in [0.1, 0.15) is 0 Å². The third kappa shape index (κ3) is 2.98. The minimum atomic E-state index is 0.0382. The largest absolute Gasteiger partial charge is 0.329 e. The van der Waals surface area contributed by atoms with Crippen LogP contribution in [-0.4, -0.2) is 24.0 Å². The molecule has 0 saturated heterocycles. The summed E-state index contributed by atoms with van der Waals surface area (Å²) in [6.07, 6.45) is 0. The lowest BCUT2D eigenvalue weighted by molar-refractivity contribution is 0.0888. The smallest absolute Gasteiger partial charge is 0.0931 e. The van der Waals surface area contributed by atoms with Crippen molar-refractivity contribution in [2.75, 3.05) is 13.6 Å². The van der Waals surface area contributed by atoms with Gasteiger partial charge in [0.05, 0.1) is 4.34 Å². The van der Waals surface area contributed by atoms with Crippen molar-refractivity contribution in [1.29, 1.82) is 0 Å². The van der Waals surface area contributed by atoms with Crippen molar-refractivity contribution in [2.45, 2.75) is 32.9 Å². The predicted octanol–water partition coefficient (Wildman–Crippen LogP) is 3.21. The topological polar surface area (TPSA) is 29.3 Å². The second-order valence-electron chi connectivity index (χ2n) is 4.78. The number of halogens is 1. The van der Waals surface area contributed by atoms with Gasteiger partial charge in [-0.3, -0.25) is 4.90 Å². The molecular formula is C12H21ClN2S. The second-order valence-corrected chi connectivity index (χ2v) is 6.58. The Kier molecular flexibility index (Phi) is 4.80. The molecule has 16 heavy (non-hydrogen) atoms. The lowest BCUT2D eigenvalue weighted by atomic mass is 9.87. The number of hydrogen-bond donors (Lipinski definition) is 1. The maximum absolute atomic E-state index is 5.93. The van der Waals surface area contributed by atoms with Gasteiger partial charge in [-0.1, -0.05) is 25.4 Å². The summed E-state index contributed by atoms with van der Waals surface area (Å²) < 4.78 is 0.849. The number of hydrogen-bond acceptors (Lipinski definition) is 3. The van der Waals surface area contributed by atoms with E-state index in [1.54, 1.807) is 11.3 Å². The summed E-state index contributed by atoms with van der Waals surface area (Å²) in [5.41, 5.74) is 5.94. The summed E-state index contributed by atoms with van der Waals surface area (Å²) in [6, 6.07) is 4.03. The highest BCUT2D eigenvalue weighted by Crippen LogP contribution is 2.27. The molecule has 0 aliphatic carbocycles. The van der Waals surface area contributed by atoms with E-state index >= 15 is 0 Å². The molecule has 0 aliphatic rings.